The third-order valence-corrected chi connectivity index (χ3v) is 3.50. The Kier molecular flexibility index (Phi) is 2.65. The summed E-state index contributed by atoms with van der Waals surface area (Å²) in [6.45, 7) is 0.157. The molecule has 0 amide bonds. The fourth-order valence-corrected chi connectivity index (χ4v) is 2.43. The molecule has 1 saturated carbocycles. The predicted molar refractivity (Wildman–Crippen MR) is 68.9 cm³/mol. The van der Waals surface area contributed by atoms with Crippen LogP contribution in [0.2, 0.25) is 0 Å². The second-order valence-corrected chi connectivity index (χ2v) is 4.89. The van der Waals surface area contributed by atoms with Gasteiger partial charge in [-0.1, -0.05) is 18.2 Å². The number of nitrogens with one attached hydrogen (secondary N) is 1. The van der Waals surface area contributed by atoms with Gasteiger partial charge in [-0.3, -0.25) is 0 Å². The first-order valence-electron chi connectivity index (χ1n) is 6.20. The maximum Gasteiger partial charge on any atom is 0.0627 e. The lowest BCUT2D eigenvalue weighted by atomic mass is 10.1. The van der Waals surface area contributed by atoms with Crippen LogP contribution in [0.4, 0.5) is 0 Å². The molecule has 1 aromatic heterocycles. The van der Waals surface area contributed by atoms with E-state index in [2.05, 4.69) is 41.3 Å². The lowest BCUT2D eigenvalue weighted by Crippen LogP contribution is -2.26. The SMILES string of the molecule is Cn1cc(C(CO)NC2CC2)c2ccccc21. The van der Waals surface area contributed by atoms with E-state index in [-0.39, 0.29) is 12.6 Å². The molecule has 0 bridgehead atoms. The van der Waals surface area contributed by atoms with Crippen LogP contribution in [0.3, 0.4) is 0 Å². The minimum atomic E-state index is 0.0635. The van der Waals surface area contributed by atoms with E-state index in [9.17, 15) is 5.11 Å². The molecule has 0 spiro atoms. The summed E-state index contributed by atoms with van der Waals surface area (Å²) in [7, 11) is 2.05. The Labute approximate surface area is 101 Å². The number of nitrogens with zero attached hydrogens (tertiary/aromatic N) is 1. The number of rotatable bonds is 4. The van der Waals surface area contributed by atoms with E-state index >= 15 is 0 Å². The number of hydrogen-bond donors (Lipinski definition) is 2. The van der Waals surface area contributed by atoms with Gasteiger partial charge in [0, 0.05) is 30.2 Å². The van der Waals surface area contributed by atoms with E-state index in [4.69, 9.17) is 0 Å². The molecule has 0 saturated heterocycles. The number of aromatic nitrogens is 1. The Morgan fingerprint density at radius 1 is 1.41 bits per heavy atom. The molecule has 1 unspecified atom stereocenters. The summed E-state index contributed by atoms with van der Waals surface area (Å²) in [6, 6.07) is 9.01. The van der Waals surface area contributed by atoms with Crippen LogP contribution < -0.4 is 5.32 Å². The van der Waals surface area contributed by atoms with Gasteiger partial charge in [-0.2, -0.15) is 0 Å². The van der Waals surface area contributed by atoms with Gasteiger partial charge in [0.1, 0.15) is 0 Å². The fourth-order valence-electron chi connectivity index (χ4n) is 2.43. The summed E-state index contributed by atoms with van der Waals surface area (Å²) in [4.78, 5) is 0. The summed E-state index contributed by atoms with van der Waals surface area (Å²) in [5.41, 5.74) is 2.43. The van der Waals surface area contributed by atoms with Crippen molar-refractivity contribution >= 4 is 10.9 Å². The van der Waals surface area contributed by atoms with Crippen molar-refractivity contribution in [1.29, 1.82) is 0 Å². The van der Waals surface area contributed by atoms with E-state index in [0.29, 0.717) is 6.04 Å². The van der Waals surface area contributed by atoms with Crippen LogP contribution in [-0.2, 0) is 7.05 Å². The molecule has 3 nitrogen and oxygen atoms in total. The number of aliphatic hydroxyl groups is 1. The lowest BCUT2D eigenvalue weighted by Gasteiger charge is -2.15. The first-order chi connectivity index (χ1) is 8.29. The second-order valence-electron chi connectivity index (χ2n) is 4.89. The summed E-state index contributed by atoms with van der Waals surface area (Å²) in [6.07, 6.45) is 4.60. The maximum atomic E-state index is 9.55. The first kappa shape index (κ1) is 10.8. The highest BCUT2D eigenvalue weighted by Gasteiger charge is 2.26. The van der Waals surface area contributed by atoms with Gasteiger partial charge in [-0.05, 0) is 24.5 Å². The molecule has 1 fully saturated rings. The minimum absolute atomic E-state index is 0.0635. The standard InChI is InChI=1S/C14H18N2O/c1-16-8-12(11-4-2-3-5-14(11)16)13(9-17)15-10-6-7-10/h2-5,8,10,13,15,17H,6-7,9H2,1H3. The Bertz CT molecular complexity index is 528. The zero-order valence-electron chi connectivity index (χ0n) is 10.1. The second kappa shape index (κ2) is 4.17. The number of aryl methyl sites for hydroxylation is 1. The Balaban J connectivity index is 2.02. The highest BCUT2D eigenvalue weighted by molar-refractivity contribution is 5.84. The molecule has 1 atom stereocenters. The molecule has 1 heterocycles. The van der Waals surface area contributed by atoms with Crippen molar-refractivity contribution in [2.75, 3.05) is 6.61 Å². The van der Waals surface area contributed by atoms with Crippen molar-refractivity contribution in [3.05, 3.63) is 36.0 Å². The van der Waals surface area contributed by atoms with Gasteiger partial charge in [0.05, 0.1) is 12.6 Å². The quantitative estimate of drug-likeness (QED) is 0.842. The van der Waals surface area contributed by atoms with Gasteiger partial charge in [-0.25, -0.2) is 0 Å². The summed E-state index contributed by atoms with van der Waals surface area (Å²) in [5, 5.41) is 14.3. The van der Waals surface area contributed by atoms with Crippen LogP contribution >= 0.6 is 0 Å². The summed E-state index contributed by atoms with van der Waals surface area (Å²) in [5.74, 6) is 0. The smallest absolute Gasteiger partial charge is 0.0627 e. The first-order valence-corrected chi connectivity index (χ1v) is 6.20. The molecule has 0 radical (unpaired) electrons. The molecular formula is C14H18N2O. The normalized spacial score (nSPS) is 17.5. The topological polar surface area (TPSA) is 37.2 Å². The third kappa shape index (κ3) is 1.96. The van der Waals surface area contributed by atoms with Gasteiger partial charge in [0.2, 0.25) is 0 Å². The van der Waals surface area contributed by atoms with E-state index in [1.807, 2.05) is 6.07 Å². The van der Waals surface area contributed by atoms with Crippen LogP contribution in [-0.4, -0.2) is 22.3 Å². The van der Waals surface area contributed by atoms with Gasteiger partial charge in [-0.15, -0.1) is 0 Å². The number of para-hydroxylation sites is 1. The van der Waals surface area contributed by atoms with E-state index in [1.165, 1.54) is 29.3 Å². The lowest BCUT2D eigenvalue weighted by molar-refractivity contribution is 0.244. The third-order valence-electron chi connectivity index (χ3n) is 3.50. The van der Waals surface area contributed by atoms with E-state index < -0.39 is 0 Å². The Morgan fingerprint density at radius 3 is 2.88 bits per heavy atom. The molecule has 17 heavy (non-hydrogen) atoms. The van der Waals surface area contributed by atoms with Crippen molar-refractivity contribution in [3.63, 3.8) is 0 Å². The van der Waals surface area contributed by atoms with Crippen LogP contribution in [0, 0.1) is 0 Å². The molecular weight excluding hydrogens is 212 g/mol. The largest absolute Gasteiger partial charge is 0.394 e. The Morgan fingerprint density at radius 2 is 2.18 bits per heavy atom. The number of fused-ring (bicyclic) bond motifs is 1. The molecule has 1 aliphatic carbocycles. The molecule has 0 aliphatic heterocycles. The van der Waals surface area contributed by atoms with Crippen molar-refractivity contribution < 1.29 is 5.11 Å². The van der Waals surface area contributed by atoms with Crippen LogP contribution in [0.1, 0.15) is 24.4 Å². The molecule has 3 heteroatoms. The number of hydrogen-bond acceptors (Lipinski definition) is 2. The van der Waals surface area contributed by atoms with Gasteiger partial charge >= 0.3 is 0 Å². The molecule has 90 valence electrons. The summed E-state index contributed by atoms with van der Waals surface area (Å²) < 4.78 is 2.13. The molecule has 3 rings (SSSR count). The van der Waals surface area contributed by atoms with Gasteiger partial charge in [0.15, 0.2) is 0 Å². The highest BCUT2D eigenvalue weighted by atomic mass is 16.3. The van der Waals surface area contributed by atoms with E-state index in [0.717, 1.165) is 0 Å². The van der Waals surface area contributed by atoms with Crippen LogP contribution in [0.25, 0.3) is 10.9 Å². The van der Waals surface area contributed by atoms with Crippen molar-refractivity contribution in [3.8, 4) is 0 Å². The van der Waals surface area contributed by atoms with Gasteiger partial charge in [0.25, 0.3) is 0 Å². The highest BCUT2D eigenvalue weighted by Crippen LogP contribution is 2.29. The minimum Gasteiger partial charge on any atom is -0.394 e. The van der Waals surface area contributed by atoms with E-state index in [1.54, 1.807) is 0 Å². The van der Waals surface area contributed by atoms with Crippen LogP contribution in [0.5, 0.6) is 0 Å². The fraction of sp³-hybridized carbons (Fsp3) is 0.429. The molecule has 2 N–H and O–H groups in total. The maximum absolute atomic E-state index is 9.55. The zero-order chi connectivity index (χ0) is 11.8. The number of benzene rings is 1. The molecule has 2 aromatic rings. The van der Waals surface area contributed by atoms with Crippen LogP contribution in [0.15, 0.2) is 30.5 Å². The van der Waals surface area contributed by atoms with Gasteiger partial charge < -0.3 is 15.0 Å². The Hall–Kier alpha value is -1.32. The average Bonchev–Trinajstić information content (AvgIpc) is 3.12. The zero-order valence-corrected chi connectivity index (χ0v) is 10.1. The predicted octanol–water partition coefficient (Wildman–Crippen LogP) is 1.96. The number of aliphatic hydroxyl groups excluding tert-OH is 1. The monoisotopic (exact) mass is 230 g/mol. The van der Waals surface area contributed by atoms with Crippen molar-refractivity contribution in [2.24, 2.45) is 7.05 Å². The van der Waals surface area contributed by atoms with Crippen molar-refractivity contribution in [1.82, 2.24) is 9.88 Å². The average molecular weight is 230 g/mol. The molecule has 1 aliphatic rings. The molecule has 1 aromatic carbocycles. The van der Waals surface area contributed by atoms with Crippen molar-refractivity contribution in [2.45, 2.75) is 24.9 Å². The summed E-state index contributed by atoms with van der Waals surface area (Å²) >= 11 is 0.